The van der Waals surface area contributed by atoms with E-state index >= 15 is 0 Å². The third-order valence-electron chi connectivity index (χ3n) is 4.26. The van der Waals surface area contributed by atoms with Crippen LogP contribution in [0.15, 0.2) is 59.5 Å². The fourth-order valence-electron chi connectivity index (χ4n) is 2.99. The summed E-state index contributed by atoms with van der Waals surface area (Å²) in [5.74, 6) is 0. The lowest BCUT2D eigenvalue weighted by Crippen LogP contribution is -2.54. The first-order valence-corrected chi connectivity index (χ1v) is 9.43. The summed E-state index contributed by atoms with van der Waals surface area (Å²) in [6.07, 6.45) is 0.611. The summed E-state index contributed by atoms with van der Waals surface area (Å²) in [7, 11) is -3.70. The molecule has 1 atom stereocenters. The minimum atomic E-state index is -3.70. The van der Waals surface area contributed by atoms with Crippen molar-refractivity contribution in [1.82, 2.24) is 9.62 Å². The van der Waals surface area contributed by atoms with Gasteiger partial charge in [0, 0.05) is 37.8 Å². The summed E-state index contributed by atoms with van der Waals surface area (Å²) in [5, 5.41) is 14.0. The van der Waals surface area contributed by atoms with Gasteiger partial charge in [0.15, 0.2) is 0 Å². The van der Waals surface area contributed by atoms with Crippen molar-refractivity contribution in [2.24, 2.45) is 0 Å². The molecule has 0 radical (unpaired) electrons. The Balaban J connectivity index is 1.86. The normalized spacial score (nSPS) is 18.8. The molecule has 1 fully saturated rings. The second-order valence-electron chi connectivity index (χ2n) is 5.91. The number of benzene rings is 2. The van der Waals surface area contributed by atoms with E-state index in [1.165, 1.54) is 28.6 Å². The van der Waals surface area contributed by atoms with Gasteiger partial charge < -0.3 is 5.32 Å². The van der Waals surface area contributed by atoms with Crippen LogP contribution in [0.5, 0.6) is 0 Å². The number of nitro groups is 1. The fourth-order valence-corrected chi connectivity index (χ4v) is 4.62. The van der Waals surface area contributed by atoms with Crippen LogP contribution in [-0.2, 0) is 16.4 Å². The van der Waals surface area contributed by atoms with Gasteiger partial charge in [0.2, 0.25) is 10.0 Å². The van der Waals surface area contributed by atoms with Crippen molar-refractivity contribution < 1.29 is 13.3 Å². The molecule has 0 bridgehead atoms. The molecular formula is C17H19N3O4S. The van der Waals surface area contributed by atoms with E-state index in [9.17, 15) is 18.5 Å². The first-order valence-electron chi connectivity index (χ1n) is 7.99. The SMILES string of the molecule is O=[N+]([O-])c1ccc(S(=O)(=O)N2CCNC[C@@H]2Cc2ccccc2)cc1. The number of sulfonamides is 1. The fraction of sp³-hybridized carbons (Fsp3) is 0.294. The molecule has 0 saturated carbocycles. The van der Waals surface area contributed by atoms with Crippen LogP contribution < -0.4 is 5.32 Å². The number of hydrogen-bond acceptors (Lipinski definition) is 5. The summed E-state index contributed by atoms with van der Waals surface area (Å²) in [5.41, 5.74) is 0.945. The van der Waals surface area contributed by atoms with Gasteiger partial charge in [-0.25, -0.2) is 8.42 Å². The Labute approximate surface area is 146 Å². The van der Waals surface area contributed by atoms with E-state index in [0.717, 1.165) is 5.56 Å². The van der Waals surface area contributed by atoms with Gasteiger partial charge in [-0.2, -0.15) is 4.31 Å². The van der Waals surface area contributed by atoms with Gasteiger partial charge in [-0.3, -0.25) is 10.1 Å². The Kier molecular flexibility index (Phi) is 5.12. The molecular weight excluding hydrogens is 342 g/mol. The van der Waals surface area contributed by atoms with Crippen LogP contribution in [0.2, 0.25) is 0 Å². The Hall–Kier alpha value is -2.29. The number of nitrogens with one attached hydrogen (secondary N) is 1. The van der Waals surface area contributed by atoms with Crippen molar-refractivity contribution in [2.75, 3.05) is 19.6 Å². The molecule has 0 aliphatic carbocycles. The molecule has 0 amide bonds. The van der Waals surface area contributed by atoms with Gasteiger partial charge >= 0.3 is 0 Å². The largest absolute Gasteiger partial charge is 0.314 e. The van der Waals surface area contributed by atoms with E-state index in [4.69, 9.17) is 0 Å². The predicted molar refractivity (Wildman–Crippen MR) is 93.8 cm³/mol. The first kappa shape index (κ1) is 17.5. The molecule has 8 heteroatoms. The topological polar surface area (TPSA) is 92.5 Å². The van der Waals surface area contributed by atoms with E-state index < -0.39 is 14.9 Å². The highest BCUT2D eigenvalue weighted by molar-refractivity contribution is 7.89. The zero-order valence-electron chi connectivity index (χ0n) is 13.5. The average Bonchev–Trinajstić information content (AvgIpc) is 2.63. The highest BCUT2D eigenvalue weighted by atomic mass is 32.2. The van der Waals surface area contributed by atoms with E-state index in [1.807, 2.05) is 30.3 Å². The van der Waals surface area contributed by atoms with Gasteiger partial charge in [-0.15, -0.1) is 0 Å². The van der Waals surface area contributed by atoms with Crippen LogP contribution in [0.1, 0.15) is 5.56 Å². The van der Waals surface area contributed by atoms with Gasteiger partial charge in [0.1, 0.15) is 0 Å². The second kappa shape index (κ2) is 7.30. The lowest BCUT2D eigenvalue weighted by molar-refractivity contribution is -0.384. The van der Waals surface area contributed by atoms with Gasteiger partial charge in [-0.1, -0.05) is 30.3 Å². The second-order valence-corrected chi connectivity index (χ2v) is 7.80. The van der Waals surface area contributed by atoms with Crippen molar-refractivity contribution in [3.63, 3.8) is 0 Å². The summed E-state index contributed by atoms with van der Waals surface area (Å²) >= 11 is 0. The Bertz CT molecular complexity index is 838. The smallest absolute Gasteiger partial charge is 0.269 e. The van der Waals surface area contributed by atoms with Crippen LogP contribution in [0, 0.1) is 10.1 Å². The molecule has 0 spiro atoms. The lowest BCUT2D eigenvalue weighted by atomic mass is 10.1. The van der Waals surface area contributed by atoms with Gasteiger partial charge in [-0.05, 0) is 24.1 Å². The van der Waals surface area contributed by atoms with Gasteiger partial charge in [0.05, 0.1) is 9.82 Å². The molecule has 0 unspecified atom stereocenters. The molecule has 132 valence electrons. The number of rotatable bonds is 5. The summed E-state index contributed by atoms with van der Waals surface area (Å²) in [6.45, 7) is 1.52. The number of nitrogens with zero attached hydrogens (tertiary/aromatic N) is 2. The molecule has 1 N–H and O–H groups in total. The highest BCUT2D eigenvalue weighted by Crippen LogP contribution is 2.23. The Morgan fingerprint density at radius 2 is 1.80 bits per heavy atom. The zero-order chi connectivity index (χ0) is 17.9. The molecule has 1 aliphatic rings. The summed E-state index contributed by atoms with van der Waals surface area (Å²) in [6, 6.07) is 14.6. The number of hydrogen-bond donors (Lipinski definition) is 1. The van der Waals surface area contributed by atoms with Crippen LogP contribution in [0.25, 0.3) is 0 Å². The van der Waals surface area contributed by atoms with Crippen LogP contribution in [-0.4, -0.2) is 43.3 Å². The summed E-state index contributed by atoms with van der Waals surface area (Å²) < 4.78 is 27.5. The minimum Gasteiger partial charge on any atom is -0.314 e. The van der Waals surface area contributed by atoms with E-state index in [-0.39, 0.29) is 16.6 Å². The van der Waals surface area contributed by atoms with Crippen molar-refractivity contribution in [3.8, 4) is 0 Å². The molecule has 2 aromatic rings. The van der Waals surface area contributed by atoms with Crippen molar-refractivity contribution in [2.45, 2.75) is 17.4 Å². The minimum absolute atomic E-state index is 0.0815. The van der Waals surface area contributed by atoms with Crippen LogP contribution in [0.3, 0.4) is 0 Å². The predicted octanol–water partition coefficient (Wildman–Crippen LogP) is 1.80. The highest BCUT2D eigenvalue weighted by Gasteiger charge is 2.33. The molecule has 3 rings (SSSR count). The van der Waals surface area contributed by atoms with Crippen LogP contribution in [0.4, 0.5) is 5.69 Å². The maximum atomic E-state index is 13.0. The van der Waals surface area contributed by atoms with E-state index in [2.05, 4.69) is 5.32 Å². The first-order chi connectivity index (χ1) is 12.0. The van der Waals surface area contributed by atoms with E-state index in [1.54, 1.807) is 0 Å². The third kappa shape index (κ3) is 3.87. The lowest BCUT2D eigenvalue weighted by Gasteiger charge is -2.35. The maximum absolute atomic E-state index is 13.0. The average molecular weight is 361 g/mol. The standard InChI is InChI=1S/C17H19N3O4S/c21-20(22)15-6-8-17(9-7-15)25(23,24)19-11-10-18-13-16(19)12-14-4-2-1-3-5-14/h1-9,16,18H,10-13H2/t16-/m0/s1. The molecule has 7 nitrogen and oxygen atoms in total. The van der Waals surface area contributed by atoms with Crippen LogP contribution >= 0.6 is 0 Å². The van der Waals surface area contributed by atoms with Crippen molar-refractivity contribution >= 4 is 15.7 Å². The number of nitro benzene ring substituents is 1. The molecule has 2 aromatic carbocycles. The van der Waals surface area contributed by atoms with Crippen molar-refractivity contribution in [1.29, 1.82) is 0 Å². The van der Waals surface area contributed by atoms with Crippen molar-refractivity contribution in [3.05, 3.63) is 70.3 Å². The van der Waals surface area contributed by atoms with Gasteiger partial charge in [0.25, 0.3) is 5.69 Å². The number of piperazine rings is 1. The summed E-state index contributed by atoms with van der Waals surface area (Å²) in [4.78, 5) is 10.3. The molecule has 25 heavy (non-hydrogen) atoms. The third-order valence-corrected chi connectivity index (χ3v) is 6.23. The Morgan fingerprint density at radius 1 is 1.12 bits per heavy atom. The Morgan fingerprint density at radius 3 is 2.44 bits per heavy atom. The zero-order valence-corrected chi connectivity index (χ0v) is 14.4. The molecule has 1 heterocycles. The quantitative estimate of drug-likeness (QED) is 0.647. The monoisotopic (exact) mass is 361 g/mol. The molecule has 0 aromatic heterocycles. The maximum Gasteiger partial charge on any atom is 0.269 e. The van der Waals surface area contributed by atoms with E-state index in [0.29, 0.717) is 26.1 Å². The molecule has 1 saturated heterocycles. The number of non-ortho nitro benzene ring substituents is 1. The molecule has 1 aliphatic heterocycles.